The summed E-state index contributed by atoms with van der Waals surface area (Å²) in [4.78, 5) is 16.7. The van der Waals surface area contributed by atoms with E-state index < -0.39 is 0 Å². The molecule has 1 fully saturated rings. The van der Waals surface area contributed by atoms with Crippen molar-refractivity contribution < 1.29 is 9.18 Å². The van der Waals surface area contributed by atoms with Gasteiger partial charge in [0.2, 0.25) is 5.91 Å². The van der Waals surface area contributed by atoms with Gasteiger partial charge in [-0.05, 0) is 31.0 Å². The normalized spacial score (nSPS) is 14.9. The molecule has 2 aromatic heterocycles. The van der Waals surface area contributed by atoms with Gasteiger partial charge in [-0.15, -0.1) is 16.8 Å². The number of halogens is 1. The number of aromatic nitrogens is 4. The fourth-order valence-corrected chi connectivity index (χ4v) is 5.27. The molecule has 1 saturated carbocycles. The standard InChI is InChI=1S/C20H22FN5OS2/c1-2-10-26-18(13-6-4-3-5-7-13)24-25-20(26)28-12-17(27)23-19-22-15-9-8-14(21)11-16(15)29-19/h2,8-9,11,13H,1,3-7,10,12H2,(H,22,23,27). The number of fused-ring (bicyclic) bond motifs is 1. The number of allylic oxidation sites excluding steroid dienone is 1. The number of carbonyl (C=O) groups is 1. The van der Waals surface area contributed by atoms with Gasteiger partial charge in [-0.2, -0.15) is 0 Å². The molecule has 9 heteroatoms. The zero-order valence-corrected chi connectivity index (χ0v) is 17.6. The molecule has 0 atom stereocenters. The first-order chi connectivity index (χ1) is 14.1. The lowest BCUT2D eigenvalue weighted by atomic mass is 9.89. The Balaban J connectivity index is 1.41. The van der Waals surface area contributed by atoms with E-state index in [1.165, 1.54) is 54.5 Å². The number of thioether (sulfide) groups is 1. The molecule has 1 aliphatic rings. The van der Waals surface area contributed by atoms with Crippen LogP contribution in [0, 0.1) is 5.82 Å². The van der Waals surface area contributed by atoms with Crippen LogP contribution >= 0.6 is 23.1 Å². The first-order valence-electron chi connectivity index (χ1n) is 9.67. The fraction of sp³-hybridized carbons (Fsp3) is 0.400. The summed E-state index contributed by atoms with van der Waals surface area (Å²) in [5.74, 6) is 1.14. The van der Waals surface area contributed by atoms with Gasteiger partial charge in [0.1, 0.15) is 11.6 Å². The lowest BCUT2D eigenvalue weighted by molar-refractivity contribution is -0.113. The highest BCUT2D eigenvalue weighted by atomic mass is 32.2. The highest BCUT2D eigenvalue weighted by molar-refractivity contribution is 7.99. The Kier molecular flexibility index (Phi) is 6.25. The topological polar surface area (TPSA) is 72.7 Å². The summed E-state index contributed by atoms with van der Waals surface area (Å²) in [6.45, 7) is 4.47. The molecular weight excluding hydrogens is 409 g/mol. The summed E-state index contributed by atoms with van der Waals surface area (Å²) < 4.78 is 16.1. The maximum Gasteiger partial charge on any atom is 0.236 e. The van der Waals surface area contributed by atoms with Crippen molar-refractivity contribution in [1.29, 1.82) is 0 Å². The maximum atomic E-state index is 13.3. The Bertz CT molecular complexity index is 1030. The Labute approximate surface area is 176 Å². The predicted octanol–water partition coefficient (Wildman–Crippen LogP) is 4.99. The minimum Gasteiger partial charge on any atom is -0.302 e. The van der Waals surface area contributed by atoms with Crippen molar-refractivity contribution >= 4 is 44.4 Å². The average Bonchev–Trinajstić information content (AvgIpc) is 3.30. The van der Waals surface area contributed by atoms with Gasteiger partial charge in [0.05, 0.1) is 16.0 Å². The van der Waals surface area contributed by atoms with Crippen LogP contribution in [0.4, 0.5) is 9.52 Å². The van der Waals surface area contributed by atoms with Crippen LogP contribution < -0.4 is 5.32 Å². The van der Waals surface area contributed by atoms with Gasteiger partial charge in [-0.3, -0.25) is 4.79 Å². The number of nitrogens with one attached hydrogen (secondary N) is 1. The fourth-order valence-electron chi connectivity index (χ4n) is 3.61. The second-order valence-electron chi connectivity index (χ2n) is 7.04. The molecule has 1 N–H and O–H groups in total. The van der Waals surface area contributed by atoms with Crippen LogP contribution in [0.15, 0.2) is 36.0 Å². The largest absolute Gasteiger partial charge is 0.302 e. The van der Waals surface area contributed by atoms with E-state index in [2.05, 4.69) is 31.6 Å². The smallest absolute Gasteiger partial charge is 0.236 e. The van der Waals surface area contributed by atoms with Crippen molar-refractivity contribution in [1.82, 2.24) is 19.7 Å². The molecule has 4 rings (SSSR count). The van der Waals surface area contributed by atoms with Crippen LogP contribution in [0.1, 0.15) is 43.8 Å². The van der Waals surface area contributed by atoms with Gasteiger partial charge >= 0.3 is 0 Å². The lowest BCUT2D eigenvalue weighted by Crippen LogP contribution is -2.15. The minimum atomic E-state index is -0.315. The Hall–Kier alpha value is -2.26. The second kappa shape index (κ2) is 9.04. The minimum absolute atomic E-state index is 0.179. The molecule has 0 spiro atoms. The van der Waals surface area contributed by atoms with Crippen LogP contribution in [0.5, 0.6) is 0 Å². The quantitative estimate of drug-likeness (QED) is 0.421. The molecule has 0 unspecified atom stereocenters. The number of nitrogens with zero attached hydrogens (tertiary/aromatic N) is 4. The van der Waals surface area contributed by atoms with Crippen LogP contribution in [0.25, 0.3) is 10.2 Å². The summed E-state index contributed by atoms with van der Waals surface area (Å²) in [6.07, 6.45) is 7.84. The summed E-state index contributed by atoms with van der Waals surface area (Å²) in [5, 5.41) is 12.7. The third-order valence-electron chi connectivity index (χ3n) is 4.96. The van der Waals surface area contributed by atoms with E-state index in [-0.39, 0.29) is 17.5 Å². The molecule has 152 valence electrons. The molecule has 2 heterocycles. The van der Waals surface area contributed by atoms with Gasteiger partial charge in [0.15, 0.2) is 10.3 Å². The van der Waals surface area contributed by atoms with Crippen LogP contribution in [0.2, 0.25) is 0 Å². The highest BCUT2D eigenvalue weighted by Gasteiger charge is 2.23. The number of amides is 1. The average molecular weight is 432 g/mol. The first kappa shape index (κ1) is 20.0. The van der Waals surface area contributed by atoms with Crippen LogP contribution in [0.3, 0.4) is 0 Å². The summed E-state index contributed by atoms with van der Waals surface area (Å²) in [7, 11) is 0. The summed E-state index contributed by atoms with van der Waals surface area (Å²) in [5.41, 5.74) is 0.669. The second-order valence-corrected chi connectivity index (χ2v) is 9.02. The van der Waals surface area contributed by atoms with Gasteiger partial charge in [0.25, 0.3) is 0 Å². The highest BCUT2D eigenvalue weighted by Crippen LogP contribution is 2.33. The monoisotopic (exact) mass is 431 g/mol. The number of anilines is 1. The van der Waals surface area contributed by atoms with Crippen molar-refractivity contribution in [2.24, 2.45) is 0 Å². The predicted molar refractivity (Wildman–Crippen MR) is 115 cm³/mol. The van der Waals surface area contributed by atoms with Gasteiger partial charge in [-0.1, -0.05) is 48.4 Å². The molecule has 1 amide bonds. The van der Waals surface area contributed by atoms with Crippen molar-refractivity contribution in [3.8, 4) is 0 Å². The van der Waals surface area contributed by atoms with E-state index in [0.717, 1.165) is 23.8 Å². The number of benzene rings is 1. The van der Waals surface area contributed by atoms with Crippen molar-refractivity contribution in [3.05, 3.63) is 42.5 Å². The molecule has 6 nitrogen and oxygen atoms in total. The SMILES string of the molecule is C=CCn1c(SCC(=O)Nc2nc3ccc(F)cc3s2)nnc1C1CCCCC1. The van der Waals surface area contributed by atoms with E-state index in [1.807, 2.05) is 6.08 Å². The molecule has 29 heavy (non-hydrogen) atoms. The van der Waals surface area contributed by atoms with Gasteiger partial charge in [0, 0.05) is 12.5 Å². The molecule has 0 aliphatic heterocycles. The van der Waals surface area contributed by atoms with E-state index >= 15 is 0 Å². The molecule has 1 aliphatic carbocycles. The molecular formula is C20H22FN5OS2. The van der Waals surface area contributed by atoms with Crippen molar-refractivity contribution in [3.63, 3.8) is 0 Å². The first-order valence-corrected chi connectivity index (χ1v) is 11.5. The van der Waals surface area contributed by atoms with Crippen molar-refractivity contribution in [2.75, 3.05) is 11.1 Å². The lowest BCUT2D eigenvalue weighted by Gasteiger charge is -2.21. The number of carbonyl (C=O) groups excluding carboxylic acids is 1. The number of rotatable bonds is 7. The maximum absolute atomic E-state index is 13.3. The summed E-state index contributed by atoms with van der Waals surface area (Å²) >= 11 is 2.61. The number of thiazole rings is 1. The third kappa shape index (κ3) is 4.67. The van der Waals surface area contributed by atoms with Gasteiger partial charge in [-0.25, -0.2) is 9.37 Å². The van der Waals surface area contributed by atoms with E-state index in [4.69, 9.17) is 0 Å². The van der Waals surface area contributed by atoms with E-state index in [0.29, 0.717) is 27.8 Å². The van der Waals surface area contributed by atoms with Crippen LogP contribution in [-0.4, -0.2) is 31.4 Å². The third-order valence-corrected chi connectivity index (χ3v) is 6.86. The zero-order chi connectivity index (χ0) is 20.2. The molecule has 3 aromatic rings. The molecule has 0 bridgehead atoms. The number of hydrogen-bond donors (Lipinski definition) is 1. The van der Waals surface area contributed by atoms with Crippen LogP contribution in [-0.2, 0) is 11.3 Å². The Morgan fingerprint density at radius 2 is 2.17 bits per heavy atom. The molecule has 0 saturated heterocycles. The Morgan fingerprint density at radius 1 is 1.34 bits per heavy atom. The zero-order valence-electron chi connectivity index (χ0n) is 15.9. The van der Waals surface area contributed by atoms with Crippen molar-refractivity contribution in [2.45, 2.75) is 49.7 Å². The van der Waals surface area contributed by atoms with E-state index in [9.17, 15) is 9.18 Å². The van der Waals surface area contributed by atoms with E-state index in [1.54, 1.807) is 6.07 Å². The molecule has 0 radical (unpaired) electrons. The Morgan fingerprint density at radius 3 is 2.97 bits per heavy atom. The van der Waals surface area contributed by atoms with Gasteiger partial charge < -0.3 is 9.88 Å². The summed E-state index contributed by atoms with van der Waals surface area (Å²) in [6, 6.07) is 4.39. The number of hydrogen-bond acceptors (Lipinski definition) is 6. The molecule has 1 aromatic carbocycles.